The lowest BCUT2D eigenvalue weighted by molar-refractivity contribution is 0.00128. The maximum Gasteiger partial charge on any atom is 0.129 e. The number of rotatable bonds is 14. The van der Waals surface area contributed by atoms with Gasteiger partial charge in [-0.05, 0) is 83.2 Å². The van der Waals surface area contributed by atoms with Crippen molar-refractivity contribution in [3.05, 3.63) is 33.8 Å². The highest BCUT2D eigenvalue weighted by molar-refractivity contribution is 6.55. The molecular formula is C24H37Cl2NO4. The van der Waals surface area contributed by atoms with E-state index in [1.807, 2.05) is 39.8 Å². The first-order valence-corrected chi connectivity index (χ1v) is 11.6. The predicted octanol–water partition coefficient (Wildman–Crippen LogP) is 7.01. The van der Waals surface area contributed by atoms with Crippen LogP contribution in [-0.2, 0) is 16.0 Å². The molecule has 0 fully saturated rings. The van der Waals surface area contributed by atoms with E-state index in [1.54, 1.807) is 12.3 Å². The lowest BCUT2D eigenvalue weighted by atomic mass is 10.1. The van der Waals surface area contributed by atoms with E-state index >= 15 is 0 Å². The number of hydrogen-bond donors (Lipinski definition) is 0. The van der Waals surface area contributed by atoms with Crippen LogP contribution in [0.5, 0.6) is 11.5 Å². The van der Waals surface area contributed by atoms with Crippen LogP contribution in [-0.4, -0.2) is 37.7 Å². The second-order valence-corrected chi connectivity index (χ2v) is 9.36. The summed E-state index contributed by atoms with van der Waals surface area (Å²) in [5, 5.41) is 3.94. The Balaban J connectivity index is 2.39. The maximum absolute atomic E-state index is 6.25. The summed E-state index contributed by atoms with van der Waals surface area (Å²) in [5.74, 6) is 1.72. The molecule has 0 saturated heterocycles. The van der Waals surface area contributed by atoms with Gasteiger partial charge in [0, 0.05) is 19.2 Å². The summed E-state index contributed by atoms with van der Waals surface area (Å²) in [6.45, 7) is 13.8. The van der Waals surface area contributed by atoms with Crippen molar-refractivity contribution in [2.75, 3.05) is 19.8 Å². The van der Waals surface area contributed by atoms with Crippen LogP contribution >= 0.6 is 23.2 Å². The Bertz CT molecular complexity index is 710. The Morgan fingerprint density at radius 3 is 2.58 bits per heavy atom. The number of ether oxygens (including phenoxy) is 3. The minimum Gasteiger partial charge on any atom is -0.490 e. The molecule has 0 N–H and O–H groups in total. The molecule has 0 bridgehead atoms. The van der Waals surface area contributed by atoms with Gasteiger partial charge in [-0.25, -0.2) is 0 Å². The highest BCUT2D eigenvalue weighted by atomic mass is 35.5. The van der Waals surface area contributed by atoms with E-state index in [1.165, 1.54) is 0 Å². The van der Waals surface area contributed by atoms with Crippen LogP contribution in [0.4, 0.5) is 0 Å². The first kappa shape index (κ1) is 27.6. The van der Waals surface area contributed by atoms with E-state index in [0.29, 0.717) is 19.8 Å². The van der Waals surface area contributed by atoms with Gasteiger partial charge in [-0.2, -0.15) is 0 Å². The number of benzene rings is 1. The second kappa shape index (κ2) is 14.6. The molecule has 0 saturated carbocycles. The molecule has 7 heteroatoms. The highest BCUT2D eigenvalue weighted by Gasteiger charge is 2.13. The van der Waals surface area contributed by atoms with Crippen LogP contribution in [0.15, 0.2) is 27.9 Å². The third-order valence-electron chi connectivity index (χ3n) is 4.20. The first-order chi connectivity index (χ1) is 14.6. The quantitative estimate of drug-likeness (QED) is 0.165. The van der Waals surface area contributed by atoms with Crippen molar-refractivity contribution < 1.29 is 19.0 Å². The molecule has 5 nitrogen and oxygen atoms in total. The molecular weight excluding hydrogens is 437 g/mol. The van der Waals surface area contributed by atoms with Crippen molar-refractivity contribution in [2.45, 2.75) is 78.9 Å². The standard InChI is InChI=1S/C24H37Cl2NO4/c1-7-20-17-21(29-15-11-22(25)26)16-18(2)23(20)30-19(3)10-8-13-28-14-9-12-27-31-24(4,5)6/h11-12,16-17,19H,7-10,13-15H2,1-6H3. The van der Waals surface area contributed by atoms with Crippen molar-refractivity contribution in [1.82, 2.24) is 0 Å². The van der Waals surface area contributed by atoms with Gasteiger partial charge in [0.2, 0.25) is 0 Å². The van der Waals surface area contributed by atoms with Crippen molar-refractivity contribution in [1.29, 1.82) is 0 Å². The average Bonchev–Trinajstić information content (AvgIpc) is 2.67. The monoisotopic (exact) mass is 473 g/mol. The third-order valence-corrected chi connectivity index (χ3v) is 4.51. The van der Waals surface area contributed by atoms with Crippen molar-refractivity contribution in [2.24, 2.45) is 5.16 Å². The predicted molar refractivity (Wildman–Crippen MR) is 130 cm³/mol. The Kier molecular flexibility index (Phi) is 13.0. The minimum absolute atomic E-state index is 0.0964. The van der Waals surface area contributed by atoms with Crippen molar-refractivity contribution in [3.8, 4) is 11.5 Å². The molecule has 1 aromatic rings. The van der Waals surface area contributed by atoms with Crippen LogP contribution in [0.25, 0.3) is 0 Å². The summed E-state index contributed by atoms with van der Waals surface area (Å²) in [7, 11) is 0. The van der Waals surface area contributed by atoms with Crippen LogP contribution in [0.3, 0.4) is 0 Å². The van der Waals surface area contributed by atoms with Gasteiger partial charge in [-0.1, -0.05) is 35.3 Å². The number of nitrogens with zero attached hydrogens (tertiary/aromatic N) is 1. The van der Waals surface area contributed by atoms with Gasteiger partial charge in [0.05, 0.1) is 12.7 Å². The second-order valence-electron chi connectivity index (χ2n) is 8.35. The zero-order valence-electron chi connectivity index (χ0n) is 19.7. The molecule has 0 aromatic heterocycles. The lowest BCUT2D eigenvalue weighted by Gasteiger charge is -2.20. The fourth-order valence-corrected chi connectivity index (χ4v) is 2.87. The van der Waals surface area contributed by atoms with Crippen LogP contribution in [0.2, 0.25) is 0 Å². The molecule has 1 aromatic carbocycles. The van der Waals surface area contributed by atoms with Crippen LogP contribution in [0.1, 0.15) is 65.0 Å². The van der Waals surface area contributed by atoms with Crippen LogP contribution in [0, 0.1) is 6.92 Å². The molecule has 0 aliphatic heterocycles. The van der Waals surface area contributed by atoms with Gasteiger partial charge >= 0.3 is 0 Å². The van der Waals surface area contributed by atoms with E-state index in [9.17, 15) is 0 Å². The normalized spacial score (nSPS) is 12.6. The fraction of sp³-hybridized carbons (Fsp3) is 0.625. The molecule has 176 valence electrons. The molecule has 0 amide bonds. The van der Waals surface area contributed by atoms with E-state index < -0.39 is 0 Å². The number of aryl methyl sites for hydroxylation is 2. The Hall–Kier alpha value is -1.43. The molecule has 1 unspecified atom stereocenters. The molecule has 0 radical (unpaired) electrons. The Morgan fingerprint density at radius 1 is 1.19 bits per heavy atom. The smallest absolute Gasteiger partial charge is 0.129 e. The zero-order valence-corrected chi connectivity index (χ0v) is 21.2. The molecule has 1 atom stereocenters. The molecule has 1 rings (SSSR count). The lowest BCUT2D eigenvalue weighted by Crippen LogP contribution is -2.15. The minimum atomic E-state index is -0.257. The largest absolute Gasteiger partial charge is 0.490 e. The van der Waals surface area contributed by atoms with E-state index in [-0.39, 0.29) is 16.2 Å². The summed E-state index contributed by atoms with van der Waals surface area (Å²) >= 11 is 11.3. The Morgan fingerprint density at radius 2 is 1.94 bits per heavy atom. The van der Waals surface area contributed by atoms with Crippen molar-refractivity contribution >= 4 is 29.4 Å². The summed E-state index contributed by atoms with van der Waals surface area (Å²) < 4.78 is 17.8. The molecule has 0 heterocycles. The van der Waals surface area contributed by atoms with E-state index in [2.05, 4.69) is 19.0 Å². The topological polar surface area (TPSA) is 49.3 Å². The SMILES string of the molecule is CCc1cc(OCC=C(Cl)Cl)cc(C)c1OC(C)CCCOCCC=NOC(C)(C)C. The third kappa shape index (κ3) is 12.9. The fourth-order valence-electron chi connectivity index (χ4n) is 2.75. The number of oxime groups is 1. The molecule has 0 spiro atoms. The van der Waals surface area contributed by atoms with Gasteiger partial charge in [0.1, 0.15) is 28.2 Å². The van der Waals surface area contributed by atoms with E-state index in [4.69, 9.17) is 42.3 Å². The Labute approximate surface area is 197 Å². The molecule has 31 heavy (non-hydrogen) atoms. The average molecular weight is 474 g/mol. The van der Waals surface area contributed by atoms with Gasteiger partial charge < -0.3 is 19.0 Å². The van der Waals surface area contributed by atoms with E-state index in [0.717, 1.165) is 48.3 Å². The summed E-state index contributed by atoms with van der Waals surface area (Å²) in [5.41, 5.74) is 1.91. The summed E-state index contributed by atoms with van der Waals surface area (Å²) in [6.07, 6.45) is 6.91. The highest BCUT2D eigenvalue weighted by Crippen LogP contribution is 2.31. The molecule has 0 aliphatic carbocycles. The summed E-state index contributed by atoms with van der Waals surface area (Å²) in [4.78, 5) is 5.29. The van der Waals surface area contributed by atoms with Gasteiger partial charge in [0.15, 0.2) is 0 Å². The maximum atomic E-state index is 6.25. The van der Waals surface area contributed by atoms with Gasteiger partial charge in [-0.15, -0.1) is 0 Å². The van der Waals surface area contributed by atoms with Gasteiger partial charge in [0.25, 0.3) is 0 Å². The number of halogens is 2. The number of hydrogen-bond acceptors (Lipinski definition) is 5. The van der Waals surface area contributed by atoms with Crippen molar-refractivity contribution in [3.63, 3.8) is 0 Å². The van der Waals surface area contributed by atoms with Gasteiger partial charge in [-0.3, -0.25) is 0 Å². The summed E-state index contributed by atoms with van der Waals surface area (Å²) in [6, 6.07) is 3.99. The van der Waals surface area contributed by atoms with Crippen LogP contribution < -0.4 is 9.47 Å². The first-order valence-electron chi connectivity index (χ1n) is 10.8. The molecule has 0 aliphatic rings. The zero-order chi connectivity index (χ0) is 23.3.